The molecule has 3 rings (SSSR count). The molecule has 2 atom stereocenters. The zero-order valence-electron chi connectivity index (χ0n) is 17.6. The molecule has 0 saturated carbocycles. The maximum absolute atomic E-state index is 12.1. The number of anilines is 1. The van der Waals surface area contributed by atoms with Crippen molar-refractivity contribution in [3.05, 3.63) is 59.3 Å². The molecule has 2 unspecified atom stereocenters. The van der Waals surface area contributed by atoms with Gasteiger partial charge < -0.3 is 25.6 Å². The van der Waals surface area contributed by atoms with Crippen molar-refractivity contribution < 1.29 is 24.5 Å². The van der Waals surface area contributed by atoms with E-state index in [9.17, 15) is 19.8 Å². The third-order valence-corrected chi connectivity index (χ3v) is 5.40. The second-order valence-electron chi connectivity index (χ2n) is 8.06. The first-order valence-corrected chi connectivity index (χ1v) is 9.90. The highest BCUT2D eigenvalue weighted by Gasteiger charge is 2.53. The third-order valence-electron chi connectivity index (χ3n) is 5.40. The van der Waals surface area contributed by atoms with Gasteiger partial charge in [-0.3, -0.25) is 0 Å². The highest BCUT2D eigenvalue weighted by molar-refractivity contribution is 5.98. The van der Waals surface area contributed by atoms with Gasteiger partial charge in [0.25, 0.3) is 5.88 Å². The van der Waals surface area contributed by atoms with E-state index in [2.05, 4.69) is 10.2 Å². The highest BCUT2D eigenvalue weighted by atomic mass is 16.5. The fourth-order valence-electron chi connectivity index (χ4n) is 3.91. The molecule has 0 saturated heterocycles. The molecule has 0 spiro atoms. The molecule has 9 heteroatoms. The quantitative estimate of drug-likeness (QED) is 0.543. The summed E-state index contributed by atoms with van der Waals surface area (Å²) in [6, 6.07) is 8.67. The van der Waals surface area contributed by atoms with E-state index in [0.717, 1.165) is 5.56 Å². The Balaban J connectivity index is 2.11. The van der Waals surface area contributed by atoms with Crippen LogP contribution in [0.2, 0.25) is 0 Å². The summed E-state index contributed by atoms with van der Waals surface area (Å²) in [7, 11) is 0. The van der Waals surface area contributed by atoms with Crippen LogP contribution in [0.3, 0.4) is 0 Å². The van der Waals surface area contributed by atoms with Gasteiger partial charge in [0.15, 0.2) is 0 Å². The molecule has 0 fully saturated rings. The molecule has 0 bridgehead atoms. The molecular formula is C22H26N4O5. The molecule has 2 heterocycles. The van der Waals surface area contributed by atoms with E-state index in [1.165, 1.54) is 6.20 Å². The van der Waals surface area contributed by atoms with Crippen LogP contribution in [0.5, 0.6) is 5.88 Å². The molecule has 0 amide bonds. The van der Waals surface area contributed by atoms with Crippen LogP contribution in [0.1, 0.15) is 37.9 Å². The number of nitrogens with two attached hydrogens (primary N) is 1. The van der Waals surface area contributed by atoms with E-state index in [1.54, 1.807) is 11.8 Å². The maximum atomic E-state index is 12.1. The minimum atomic E-state index is -1.36. The molecule has 4 N–H and O–H groups in total. The van der Waals surface area contributed by atoms with Crippen LogP contribution in [0.25, 0.3) is 0 Å². The highest BCUT2D eigenvalue weighted by Crippen LogP contribution is 2.51. The lowest BCUT2D eigenvalue weighted by atomic mass is 9.83. The molecule has 31 heavy (non-hydrogen) atoms. The first-order valence-electron chi connectivity index (χ1n) is 9.90. The van der Waals surface area contributed by atoms with Crippen LogP contribution in [0.4, 0.5) is 5.69 Å². The number of aliphatic carboxylic acids is 2. The molecule has 1 aromatic heterocycles. The summed E-state index contributed by atoms with van der Waals surface area (Å²) >= 11 is 0. The van der Waals surface area contributed by atoms with Gasteiger partial charge in [-0.2, -0.15) is 5.10 Å². The van der Waals surface area contributed by atoms with Gasteiger partial charge in [0.05, 0.1) is 23.4 Å². The Morgan fingerprint density at radius 1 is 1.29 bits per heavy atom. The summed E-state index contributed by atoms with van der Waals surface area (Å²) in [6.45, 7) is 6.23. The van der Waals surface area contributed by atoms with Gasteiger partial charge in [-0.15, -0.1) is 5.10 Å². The fraction of sp³-hybridized carbons (Fsp3) is 0.364. The second-order valence-corrected chi connectivity index (χ2v) is 8.06. The van der Waals surface area contributed by atoms with Crippen molar-refractivity contribution in [2.24, 2.45) is 11.7 Å². The first-order chi connectivity index (χ1) is 14.7. The summed E-state index contributed by atoms with van der Waals surface area (Å²) < 4.78 is 5.96. The van der Waals surface area contributed by atoms with E-state index in [0.29, 0.717) is 23.9 Å². The number of aromatic nitrogens is 2. The van der Waals surface area contributed by atoms with Crippen LogP contribution in [0.15, 0.2) is 48.2 Å². The molecule has 0 aliphatic carbocycles. The van der Waals surface area contributed by atoms with Gasteiger partial charge >= 0.3 is 11.9 Å². The van der Waals surface area contributed by atoms with Crippen LogP contribution < -0.4 is 15.4 Å². The molecule has 1 aliphatic heterocycles. The van der Waals surface area contributed by atoms with Gasteiger partial charge in [0.2, 0.25) is 0 Å². The van der Waals surface area contributed by atoms with E-state index in [1.807, 2.05) is 44.2 Å². The lowest BCUT2D eigenvalue weighted by molar-refractivity contribution is -0.135. The number of carbonyl (C=O) groups is 2. The van der Waals surface area contributed by atoms with Crippen molar-refractivity contribution in [1.29, 1.82) is 0 Å². The van der Waals surface area contributed by atoms with Crippen molar-refractivity contribution in [3.63, 3.8) is 0 Å². The summed E-state index contributed by atoms with van der Waals surface area (Å²) in [5.74, 6) is -2.37. The number of rotatable bonds is 8. The largest absolute Gasteiger partial charge is 0.478 e. The Kier molecular flexibility index (Phi) is 6.26. The Morgan fingerprint density at radius 3 is 2.55 bits per heavy atom. The molecule has 164 valence electrons. The van der Waals surface area contributed by atoms with Crippen LogP contribution in [-0.4, -0.2) is 44.4 Å². The van der Waals surface area contributed by atoms with Crippen molar-refractivity contribution in [2.45, 2.75) is 39.0 Å². The van der Waals surface area contributed by atoms with Crippen LogP contribution in [-0.2, 0) is 16.2 Å². The topological polar surface area (TPSA) is 139 Å². The Labute approximate surface area is 180 Å². The van der Waals surface area contributed by atoms with E-state index in [-0.39, 0.29) is 24.0 Å². The lowest BCUT2D eigenvalue weighted by Gasteiger charge is -2.41. The summed E-state index contributed by atoms with van der Waals surface area (Å²) in [6.07, 6.45) is 2.18. The van der Waals surface area contributed by atoms with Gasteiger partial charge in [-0.05, 0) is 18.4 Å². The lowest BCUT2D eigenvalue weighted by Crippen LogP contribution is -2.53. The number of nitrogens with zero attached hydrogens (tertiary/aromatic N) is 3. The standard InChI is InChI=1S/C22H26N4O5/c1-13(2)11-26-18-15(19(23)22(26,3)16(21(29)30)9-17(27)28)10-24-25-20(18)31-12-14-7-5-4-6-8-14/h4-10,13,19H,11-12,23H2,1-3H3,(H,27,28)(H,29,30). The average Bonchev–Trinajstić information content (AvgIpc) is 2.93. The third kappa shape index (κ3) is 4.22. The molecule has 2 aromatic rings. The molecule has 0 radical (unpaired) electrons. The summed E-state index contributed by atoms with van der Waals surface area (Å²) in [4.78, 5) is 25.3. The maximum Gasteiger partial charge on any atom is 0.334 e. The molecular weight excluding hydrogens is 400 g/mol. The Hall–Kier alpha value is -3.46. The minimum Gasteiger partial charge on any atom is -0.478 e. The number of carboxylic acids is 2. The number of hydrogen-bond acceptors (Lipinski definition) is 7. The summed E-state index contributed by atoms with van der Waals surface area (Å²) in [5.41, 5.74) is 6.88. The average molecular weight is 426 g/mol. The molecule has 1 aromatic carbocycles. The number of hydrogen-bond donors (Lipinski definition) is 3. The fourth-order valence-corrected chi connectivity index (χ4v) is 3.91. The number of fused-ring (bicyclic) bond motifs is 1. The smallest absolute Gasteiger partial charge is 0.334 e. The van der Waals surface area contributed by atoms with Crippen molar-refractivity contribution >= 4 is 17.6 Å². The normalized spacial score (nSPS) is 20.6. The van der Waals surface area contributed by atoms with E-state index >= 15 is 0 Å². The second kappa shape index (κ2) is 8.73. The number of ether oxygens (including phenoxy) is 1. The number of carboxylic acid groups (broad SMARTS) is 2. The SMILES string of the molecule is CC(C)CN1c2c(cnnc2OCc2ccccc2)C(N)C1(C)C(=CC(=O)O)C(=O)O. The van der Waals surface area contributed by atoms with Gasteiger partial charge in [-0.25, -0.2) is 9.59 Å². The Bertz CT molecular complexity index is 1010. The monoisotopic (exact) mass is 426 g/mol. The number of benzene rings is 1. The van der Waals surface area contributed by atoms with Crippen molar-refractivity contribution in [2.75, 3.05) is 11.4 Å². The van der Waals surface area contributed by atoms with Crippen LogP contribution >= 0.6 is 0 Å². The van der Waals surface area contributed by atoms with Crippen molar-refractivity contribution in [3.8, 4) is 5.88 Å². The molecule has 9 nitrogen and oxygen atoms in total. The Morgan fingerprint density at radius 2 is 1.97 bits per heavy atom. The van der Waals surface area contributed by atoms with Crippen LogP contribution in [0, 0.1) is 5.92 Å². The first kappa shape index (κ1) is 22.2. The minimum absolute atomic E-state index is 0.118. The van der Waals surface area contributed by atoms with E-state index < -0.39 is 23.5 Å². The van der Waals surface area contributed by atoms with Gasteiger partial charge in [0.1, 0.15) is 12.3 Å². The van der Waals surface area contributed by atoms with Gasteiger partial charge in [-0.1, -0.05) is 44.2 Å². The zero-order valence-corrected chi connectivity index (χ0v) is 17.6. The van der Waals surface area contributed by atoms with Gasteiger partial charge in [0, 0.05) is 18.2 Å². The molecule has 1 aliphatic rings. The van der Waals surface area contributed by atoms with E-state index in [4.69, 9.17) is 10.5 Å². The predicted molar refractivity (Wildman–Crippen MR) is 114 cm³/mol. The predicted octanol–water partition coefficient (Wildman–Crippen LogP) is 2.39. The summed E-state index contributed by atoms with van der Waals surface area (Å²) in [5, 5.41) is 27.3. The zero-order chi connectivity index (χ0) is 22.8. The van der Waals surface area contributed by atoms with Crippen molar-refractivity contribution in [1.82, 2.24) is 10.2 Å².